The summed E-state index contributed by atoms with van der Waals surface area (Å²) in [6, 6.07) is 11.8. The molecule has 1 aromatic carbocycles. The first kappa shape index (κ1) is 12.7. The van der Waals surface area contributed by atoms with Gasteiger partial charge in [0.25, 0.3) is 11.3 Å². The molecule has 4 aromatic rings. The highest BCUT2D eigenvalue weighted by Gasteiger charge is 2.12. The zero-order valence-corrected chi connectivity index (χ0v) is 12.0. The Labute approximate surface area is 125 Å². The van der Waals surface area contributed by atoms with Crippen LogP contribution in [0.4, 0.5) is 0 Å². The van der Waals surface area contributed by atoms with Crippen LogP contribution in [0.15, 0.2) is 53.7 Å². The second-order valence-corrected chi connectivity index (χ2v) is 5.16. The van der Waals surface area contributed by atoms with Crippen LogP contribution in [-0.4, -0.2) is 24.1 Å². The second kappa shape index (κ2) is 4.77. The summed E-state index contributed by atoms with van der Waals surface area (Å²) in [7, 11) is 0. The summed E-state index contributed by atoms with van der Waals surface area (Å²) in [5, 5.41) is 4.72. The molecule has 0 saturated heterocycles. The highest BCUT2D eigenvalue weighted by Crippen LogP contribution is 2.14. The molecule has 0 atom stereocenters. The molecule has 6 heteroatoms. The van der Waals surface area contributed by atoms with Crippen molar-refractivity contribution in [2.45, 2.75) is 13.5 Å². The predicted molar refractivity (Wildman–Crippen MR) is 82.8 cm³/mol. The van der Waals surface area contributed by atoms with Crippen molar-refractivity contribution in [3.8, 4) is 0 Å². The number of aryl methyl sites for hydroxylation is 1. The lowest BCUT2D eigenvalue weighted by Crippen LogP contribution is -2.22. The number of pyridine rings is 1. The molecule has 0 aliphatic rings. The van der Waals surface area contributed by atoms with Crippen molar-refractivity contribution in [2.24, 2.45) is 0 Å². The van der Waals surface area contributed by atoms with E-state index in [0.29, 0.717) is 23.4 Å². The molecule has 6 nitrogen and oxygen atoms in total. The fourth-order valence-corrected chi connectivity index (χ4v) is 2.67. The minimum atomic E-state index is -0.0660. The summed E-state index contributed by atoms with van der Waals surface area (Å²) >= 11 is 0. The van der Waals surface area contributed by atoms with E-state index in [1.165, 1.54) is 6.33 Å². The van der Waals surface area contributed by atoms with Crippen molar-refractivity contribution in [3.63, 3.8) is 0 Å². The van der Waals surface area contributed by atoms with E-state index in [4.69, 9.17) is 0 Å². The van der Waals surface area contributed by atoms with Crippen LogP contribution in [0, 0.1) is 6.92 Å². The van der Waals surface area contributed by atoms with Crippen LogP contribution in [0.1, 0.15) is 11.3 Å². The van der Waals surface area contributed by atoms with Crippen molar-refractivity contribution in [1.29, 1.82) is 0 Å². The molecule has 0 radical (unpaired) electrons. The molecule has 0 N–H and O–H groups in total. The Morgan fingerprint density at radius 1 is 1.14 bits per heavy atom. The lowest BCUT2D eigenvalue weighted by Gasteiger charge is -2.09. The normalized spacial score (nSPS) is 11.3. The van der Waals surface area contributed by atoms with Crippen LogP contribution in [0.2, 0.25) is 0 Å². The first-order valence-electron chi connectivity index (χ1n) is 6.97. The zero-order valence-electron chi connectivity index (χ0n) is 12.0. The Kier molecular flexibility index (Phi) is 2.75. The van der Waals surface area contributed by atoms with Gasteiger partial charge in [-0.3, -0.25) is 4.79 Å². The molecule has 0 unspecified atom stereocenters. The monoisotopic (exact) mass is 291 g/mol. The third-order valence-corrected chi connectivity index (χ3v) is 3.73. The average Bonchev–Trinajstić information content (AvgIpc) is 2.99. The minimum Gasteiger partial charge on any atom is -0.310 e. The van der Waals surface area contributed by atoms with Gasteiger partial charge in [0, 0.05) is 6.20 Å². The lowest BCUT2D eigenvalue weighted by atomic mass is 10.2. The SMILES string of the molecule is Cc1nc2ncnn2c2ccn(Cc3ccccc3)c(=O)c12. The third kappa shape index (κ3) is 1.88. The maximum Gasteiger partial charge on any atom is 0.262 e. The van der Waals surface area contributed by atoms with Gasteiger partial charge in [-0.05, 0) is 18.6 Å². The fourth-order valence-electron chi connectivity index (χ4n) is 2.67. The number of nitrogens with zero attached hydrogens (tertiary/aromatic N) is 5. The van der Waals surface area contributed by atoms with E-state index in [0.717, 1.165) is 11.1 Å². The van der Waals surface area contributed by atoms with Crippen molar-refractivity contribution in [1.82, 2.24) is 24.1 Å². The summed E-state index contributed by atoms with van der Waals surface area (Å²) in [6.07, 6.45) is 3.23. The Morgan fingerprint density at radius 2 is 1.95 bits per heavy atom. The molecule has 4 rings (SSSR count). The predicted octanol–water partition coefficient (Wildman–Crippen LogP) is 1.80. The average molecular weight is 291 g/mol. The van der Waals surface area contributed by atoms with Crippen LogP contribution in [0.5, 0.6) is 0 Å². The summed E-state index contributed by atoms with van der Waals surface area (Å²) in [5.41, 5.74) is 2.41. The zero-order chi connectivity index (χ0) is 15.1. The molecular weight excluding hydrogens is 278 g/mol. The van der Waals surface area contributed by atoms with E-state index in [9.17, 15) is 4.79 Å². The smallest absolute Gasteiger partial charge is 0.262 e. The Hall–Kier alpha value is -3.02. The molecule has 0 spiro atoms. The third-order valence-electron chi connectivity index (χ3n) is 3.73. The molecule has 108 valence electrons. The molecule has 0 fully saturated rings. The molecule has 3 aromatic heterocycles. The van der Waals surface area contributed by atoms with Crippen molar-refractivity contribution < 1.29 is 0 Å². The molecule has 0 saturated carbocycles. The van der Waals surface area contributed by atoms with Crippen LogP contribution < -0.4 is 5.56 Å². The first-order chi connectivity index (χ1) is 10.7. The van der Waals surface area contributed by atoms with Crippen LogP contribution in [0.25, 0.3) is 16.7 Å². The number of hydrogen-bond donors (Lipinski definition) is 0. The van der Waals surface area contributed by atoms with E-state index in [-0.39, 0.29) is 5.56 Å². The summed E-state index contributed by atoms with van der Waals surface area (Å²) < 4.78 is 3.28. The number of aromatic nitrogens is 5. The molecule has 3 heterocycles. The number of fused-ring (bicyclic) bond motifs is 3. The molecular formula is C16H13N5O. The van der Waals surface area contributed by atoms with E-state index in [2.05, 4.69) is 15.1 Å². The second-order valence-electron chi connectivity index (χ2n) is 5.16. The van der Waals surface area contributed by atoms with Gasteiger partial charge in [-0.25, -0.2) is 4.98 Å². The van der Waals surface area contributed by atoms with Crippen molar-refractivity contribution in [3.05, 3.63) is 70.5 Å². The number of rotatable bonds is 2. The van der Waals surface area contributed by atoms with E-state index in [1.54, 1.807) is 15.3 Å². The number of benzene rings is 1. The Bertz CT molecular complexity index is 1030. The molecule has 0 bridgehead atoms. The quantitative estimate of drug-likeness (QED) is 0.565. The van der Waals surface area contributed by atoms with Gasteiger partial charge in [0.05, 0.1) is 23.1 Å². The maximum absolute atomic E-state index is 12.8. The van der Waals surface area contributed by atoms with E-state index < -0.39 is 0 Å². The number of hydrogen-bond acceptors (Lipinski definition) is 4. The van der Waals surface area contributed by atoms with Gasteiger partial charge >= 0.3 is 0 Å². The van der Waals surface area contributed by atoms with Crippen LogP contribution in [0.3, 0.4) is 0 Å². The van der Waals surface area contributed by atoms with Gasteiger partial charge in [-0.15, -0.1) is 0 Å². The molecule has 0 aliphatic heterocycles. The van der Waals surface area contributed by atoms with E-state index in [1.807, 2.05) is 43.3 Å². The maximum atomic E-state index is 12.8. The first-order valence-corrected chi connectivity index (χ1v) is 6.97. The lowest BCUT2D eigenvalue weighted by molar-refractivity contribution is 0.764. The molecule has 0 amide bonds. The Morgan fingerprint density at radius 3 is 2.77 bits per heavy atom. The fraction of sp³-hybridized carbons (Fsp3) is 0.125. The van der Waals surface area contributed by atoms with Gasteiger partial charge in [-0.2, -0.15) is 14.6 Å². The highest BCUT2D eigenvalue weighted by atomic mass is 16.1. The van der Waals surface area contributed by atoms with Gasteiger partial charge in [-0.1, -0.05) is 30.3 Å². The standard InChI is InChI=1S/C16H13N5O/c1-11-14-13(21-16(19-11)17-10-18-21)7-8-20(15(14)22)9-12-5-3-2-4-6-12/h2-8,10H,9H2,1H3. The highest BCUT2D eigenvalue weighted by molar-refractivity contribution is 5.81. The van der Waals surface area contributed by atoms with Gasteiger partial charge < -0.3 is 4.57 Å². The summed E-state index contributed by atoms with van der Waals surface area (Å²) in [4.78, 5) is 21.2. The van der Waals surface area contributed by atoms with Crippen LogP contribution in [-0.2, 0) is 6.54 Å². The van der Waals surface area contributed by atoms with Gasteiger partial charge in [0.1, 0.15) is 6.33 Å². The molecule has 0 aliphatic carbocycles. The largest absolute Gasteiger partial charge is 0.310 e. The van der Waals surface area contributed by atoms with Crippen molar-refractivity contribution >= 4 is 16.7 Å². The Balaban J connectivity index is 1.96. The minimum absolute atomic E-state index is 0.0660. The summed E-state index contributed by atoms with van der Waals surface area (Å²) in [5.74, 6) is 0.505. The molecule has 22 heavy (non-hydrogen) atoms. The van der Waals surface area contributed by atoms with Crippen LogP contribution >= 0.6 is 0 Å². The van der Waals surface area contributed by atoms with Gasteiger partial charge in [0.2, 0.25) is 0 Å². The summed E-state index contributed by atoms with van der Waals surface area (Å²) in [6.45, 7) is 2.36. The van der Waals surface area contributed by atoms with Crippen molar-refractivity contribution in [2.75, 3.05) is 0 Å². The topological polar surface area (TPSA) is 65.1 Å². The van der Waals surface area contributed by atoms with Gasteiger partial charge in [0.15, 0.2) is 0 Å². The van der Waals surface area contributed by atoms with E-state index >= 15 is 0 Å².